The zero-order valence-corrected chi connectivity index (χ0v) is 12.5. The van der Waals surface area contributed by atoms with Crippen molar-refractivity contribution in [3.63, 3.8) is 0 Å². The van der Waals surface area contributed by atoms with E-state index >= 15 is 0 Å². The van der Waals surface area contributed by atoms with Gasteiger partial charge in [0, 0.05) is 10.9 Å². The average molecular weight is 298 g/mol. The van der Waals surface area contributed by atoms with Crippen molar-refractivity contribution in [2.24, 2.45) is 0 Å². The topological polar surface area (TPSA) is 64.9 Å². The molecule has 0 fully saturated rings. The van der Waals surface area contributed by atoms with Crippen molar-refractivity contribution in [3.05, 3.63) is 29.0 Å². The molecule has 19 heavy (non-hydrogen) atoms. The first-order chi connectivity index (χ1) is 9.11. The molecular formula is C13H16ClN3OS. The van der Waals surface area contributed by atoms with Crippen molar-refractivity contribution < 1.29 is 4.52 Å². The quantitative estimate of drug-likeness (QED) is 0.845. The summed E-state index contributed by atoms with van der Waals surface area (Å²) in [6, 6.07) is 5.31. The molecule has 1 aromatic heterocycles. The summed E-state index contributed by atoms with van der Waals surface area (Å²) in [4.78, 5) is 4.35. The van der Waals surface area contributed by atoms with Crippen molar-refractivity contribution >= 4 is 29.1 Å². The minimum Gasteiger partial charge on any atom is -0.398 e. The second-order valence-electron chi connectivity index (χ2n) is 4.25. The molecule has 0 saturated heterocycles. The van der Waals surface area contributed by atoms with Crippen LogP contribution in [-0.2, 0) is 5.75 Å². The van der Waals surface area contributed by atoms with Crippen LogP contribution in [0.1, 0.15) is 26.1 Å². The predicted octanol–water partition coefficient (Wildman–Crippen LogP) is 4.00. The van der Waals surface area contributed by atoms with E-state index in [4.69, 9.17) is 21.9 Å². The van der Waals surface area contributed by atoms with Crippen LogP contribution < -0.4 is 5.73 Å². The van der Waals surface area contributed by atoms with E-state index in [2.05, 4.69) is 24.0 Å². The summed E-state index contributed by atoms with van der Waals surface area (Å²) >= 11 is 7.91. The molecule has 0 aliphatic heterocycles. The van der Waals surface area contributed by atoms with E-state index in [0.717, 1.165) is 12.2 Å². The van der Waals surface area contributed by atoms with Gasteiger partial charge in [-0.05, 0) is 18.6 Å². The Hall–Kier alpha value is -1.20. The third kappa shape index (κ3) is 3.42. The smallest absolute Gasteiger partial charge is 0.261 e. The summed E-state index contributed by atoms with van der Waals surface area (Å²) in [5.41, 5.74) is 7.04. The van der Waals surface area contributed by atoms with Gasteiger partial charge in [0.05, 0.1) is 16.3 Å². The summed E-state index contributed by atoms with van der Waals surface area (Å²) in [6.45, 7) is 4.33. The summed E-state index contributed by atoms with van der Waals surface area (Å²) in [5.74, 6) is 1.77. The highest BCUT2D eigenvalue weighted by molar-refractivity contribution is 7.99. The Labute approximate surface area is 121 Å². The number of halogens is 1. The summed E-state index contributed by atoms with van der Waals surface area (Å²) in [7, 11) is 0. The fourth-order valence-electron chi connectivity index (χ4n) is 1.52. The van der Waals surface area contributed by atoms with Crippen LogP contribution in [0.4, 0.5) is 5.69 Å². The van der Waals surface area contributed by atoms with E-state index in [0.29, 0.717) is 33.2 Å². The lowest BCUT2D eigenvalue weighted by atomic mass is 10.2. The number of aromatic nitrogens is 2. The highest BCUT2D eigenvalue weighted by Crippen LogP contribution is 2.32. The fraction of sp³-hybridized carbons (Fsp3) is 0.385. The van der Waals surface area contributed by atoms with E-state index in [1.165, 1.54) is 0 Å². The largest absolute Gasteiger partial charge is 0.398 e. The third-order valence-electron chi connectivity index (χ3n) is 2.80. The maximum Gasteiger partial charge on any atom is 0.261 e. The zero-order valence-electron chi connectivity index (χ0n) is 10.9. The molecule has 2 rings (SSSR count). The Kier molecular flexibility index (Phi) is 4.71. The average Bonchev–Trinajstić information content (AvgIpc) is 2.84. The van der Waals surface area contributed by atoms with E-state index in [9.17, 15) is 0 Å². The van der Waals surface area contributed by atoms with Gasteiger partial charge in [-0.1, -0.05) is 36.7 Å². The van der Waals surface area contributed by atoms with Crippen molar-refractivity contribution in [1.82, 2.24) is 10.1 Å². The van der Waals surface area contributed by atoms with Crippen molar-refractivity contribution in [2.75, 3.05) is 5.73 Å². The number of nitrogens with two attached hydrogens (primary N) is 1. The van der Waals surface area contributed by atoms with Crippen molar-refractivity contribution in [3.8, 4) is 11.5 Å². The SMILES string of the molecule is CCC(C)SCc1noc(-c2c(N)cccc2Cl)n1. The standard InChI is InChI=1S/C13H16ClN3OS/c1-3-8(2)19-7-11-16-13(18-17-11)12-9(14)5-4-6-10(12)15/h4-6,8H,3,7,15H2,1-2H3. The Morgan fingerprint density at radius 1 is 1.47 bits per heavy atom. The lowest BCUT2D eigenvalue weighted by Crippen LogP contribution is -1.95. The molecule has 0 aliphatic rings. The number of hydrogen-bond acceptors (Lipinski definition) is 5. The molecule has 0 radical (unpaired) electrons. The van der Waals surface area contributed by atoms with Crippen molar-refractivity contribution in [1.29, 1.82) is 0 Å². The lowest BCUT2D eigenvalue weighted by Gasteiger charge is -2.04. The molecule has 6 heteroatoms. The monoisotopic (exact) mass is 297 g/mol. The number of benzene rings is 1. The molecule has 1 atom stereocenters. The van der Waals surface area contributed by atoms with Crippen molar-refractivity contribution in [2.45, 2.75) is 31.3 Å². The summed E-state index contributed by atoms with van der Waals surface area (Å²) < 4.78 is 5.24. The Morgan fingerprint density at radius 2 is 2.26 bits per heavy atom. The number of rotatable bonds is 5. The van der Waals surface area contributed by atoms with Crippen LogP contribution in [-0.4, -0.2) is 15.4 Å². The van der Waals surface area contributed by atoms with Gasteiger partial charge in [-0.25, -0.2) is 0 Å². The van der Waals surface area contributed by atoms with E-state index < -0.39 is 0 Å². The molecule has 1 unspecified atom stereocenters. The van der Waals surface area contributed by atoms with E-state index in [-0.39, 0.29) is 0 Å². The first-order valence-electron chi connectivity index (χ1n) is 6.10. The Bertz CT molecular complexity index is 538. The lowest BCUT2D eigenvalue weighted by molar-refractivity contribution is 0.425. The maximum atomic E-state index is 6.11. The Balaban J connectivity index is 2.17. The first kappa shape index (κ1) is 14.2. The summed E-state index contributed by atoms with van der Waals surface area (Å²) in [6.07, 6.45) is 1.12. The molecule has 0 amide bonds. The van der Waals surface area contributed by atoms with Gasteiger partial charge >= 0.3 is 0 Å². The maximum absolute atomic E-state index is 6.11. The minimum atomic E-state index is 0.378. The van der Waals surface area contributed by atoms with Gasteiger partial charge in [0.1, 0.15) is 0 Å². The van der Waals surface area contributed by atoms with Gasteiger partial charge in [-0.2, -0.15) is 16.7 Å². The molecule has 2 N–H and O–H groups in total. The second-order valence-corrected chi connectivity index (χ2v) is 6.08. The predicted molar refractivity (Wildman–Crippen MR) is 80.2 cm³/mol. The molecule has 0 saturated carbocycles. The van der Waals surface area contributed by atoms with E-state index in [1.807, 2.05) is 0 Å². The molecule has 4 nitrogen and oxygen atoms in total. The molecule has 0 aliphatic carbocycles. The molecule has 0 spiro atoms. The highest BCUT2D eigenvalue weighted by Gasteiger charge is 2.15. The molecule has 1 heterocycles. The van der Waals surface area contributed by atoms with Crippen LogP contribution in [0.15, 0.2) is 22.7 Å². The zero-order chi connectivity index (χ0) is 13.8. The van der Waals surface area contributed by atoms with Gasteiger partial charge in [0.25, 0.3) is 5.89 Å². The highest BCUT2D eigenvalue weighted by atomic mass is 35.5. The van der Waals surface area contributed by atoms with Crippen LogP contribution in [0, 0.1) is 0 Å². The number of thioether (sulfide) groups is 1. The third-order valence-corrected chi connectivity index (χ3v) is 4.44. The van der Waals surface area contributed by atoms with Gasteiger partial charge in [-0.15, -0.1) is 0 Å². The molecule has 1 aromatic carbocycles. The number of nitrogens with zero attached hydrogens (tertiary/aromatic N) is 2. The Morgan fingerprint density at radius 3 is 2.95 bits per heavy atom. The number of nitrogen functional groups attached to an aromatic ring is 1. The van der Waals surface area contributed by atoms with Gasteiger partial charge in [-0.3, -0.25) is 0 Å². The van der Waals surface area contributed by atoms with Gasteiger partial charge in [0.15, 0.2) is 5.82 Å². The number of anilines is 1. The molecule has 0 bridgehead atoms. The van der Waals surface area contributed by atoms with Gasteiger partial charge in [0.2, 0.25) is 0 Å². The normalized spacial score (nSPS) is 12.6. The summed E-state index contributed by atoms with van der Waals surface area (Å²) in [5, 5.41) is 5.05. The van der Waals surface area contributed by atoms with Crippen LogP contribution in [0.25, 0.3) is 11.5 Å². The molecule has 2 aromatic rings. The van der Waals surface area contributed by atoms with Crippen LogP contribution >= 0.6 is 23.4 Å². The van der Waals surface area contributed by atoms with Crippen LogP contribution in [0.2, 0.25) is 5.02 Å². The fourth-order valence-corrected chi connectivity index (χ4v) is 2.56. The van der Waals surface area contributed by atoms with Crippen LogP contribution in [0.3, 0.4) is 0 Å². The minimum absolute atomic E-state index is 0.378. The first-order valence-corrected chi connectivity index (χ1v) is 7.53. The number of hydrogen-bond donors (Lipinski definition) is 1. The molecule has 102 valence electrons. The molecular weight excluding hydrogens is 282 g/mol. The van der Waals surface area contributed by atoms with E-state index in [1.54, 1.807) is 30.0 Å². The van der Waals surface area contributed by atoms with Crippen LogP contribution in [0.5, 0.6) is 0 Å². The second kappa shape index (κ2) is 6.30. The van der Waals surface area contributed by atoms with Gasteiger partial charge < -0.3 is 10.3 Å².